The second-order valence-electron chi connectivity index (χ2n) is 4.64. The van der Waals surface area contributed by atoms with Crippen LogP contribution in [0.1, 0.15) is 37.7 Å². The summed E-state index contributed by atoms with van der Waals surface area (Å²) in [6.45, 7) is 0. The SMILES string of the molecule is O=C(O)CCCCCCc1ccn2ccccc12. The van der Waals surface area contributed by atoms with Crippen molar-refractivity contribution >= 4 is 11.5 Å². The molecule has 0 unspecified atom stereocenters. The molecule has 96 valence electrons. The second kappa shape index (κ2) is 6.24. The van der Waals surface area contributed by atoms with Crippen LogP contribution in [0.25, 0.3) is 5.52 Å². The number of carboxylic acid groups (broad SMARTS) is 1. The molecule has 2 aromatic heterocycles. The lowest BCUT2D eigenvalue weighted by atomic mass is 10.1. The van der Waals surface area contributed by atoms with E-state index in [0.29, 0.717) is 6.42 Å². The third-order valence-corrected chi connectivity index (χ3v) is 3.24. The molecule has 1 N–H and O–H groups in total. The first-order valence-electron chi connectivity index (χ1n) is 6.54. The number of aryl methyl sites for hydroxylation is 1. The van der Waals surface area contributed by atoms with Crippen LogP contribution in [0.15, 0.2) is 36.7 Å². The Labute approximate surface area is 107 Å². The van der Waals surface area contributed by atoms with Crippen molar-refractivity contribution in [1.29, 1.82) is 0 Å². The Hall–Kier alpha value is -1.77. The van der Waals surface area contributed by atoms with Crippen molar-refractivity contribution in [3.63, 3.8) is 0 Å². The number of hydrogen-bond acceptors (Lipinski definition) is 1. The molecule has 0 aliphatic rings. The molecule has 0 amide bonds. The average molecular weight is 245 g/mol. The van der Waals surface area contributed by atoms with Crippen molar-refractivity contribution in [2.75, 3.05) is 0 Å². The fraction of sp³-hybridized carbons (Fsp3) is 0.400. The van der Waals surface area contributed by atoms with Crippen molar-refractivity contribution in [1.82, 2.24) is 4.40 Å². The van der Waals surface area contributed by atoms with E-state index in [0.717, 1.165) is 32.1 Å². The maximum Gasteiger partial charge on any atom is 0.303 e. The van der Waals surface area contributed by atoms with Crippen LogP contribution in [0.3, 0.4) is 0 Å². The Bertz CT molecular complexity index is 516. The zero-order valence-electron chi connectivity index (χ0n) is 10.5. The molecule has 0 bridgehead atoms. The van der Waals surface area contributed by atoms with Gasteiger partial charge in [-0.2, -0.15) is 0 Å². The number of aliphatic carboxylic acids is 1. The minimum atomic E-state index is -0.687. The molecule has 0 radical (unpaired) electrons. The van der Waals surface area contributed by atoms with Gasteiger partial charge in [0, 0.05) is 24.3 Å². The van der Waals surface area contributed by atoms with E-state index in [1.54, 1.807) is 0 Å². The molecule has 2 rings (SSSR count). The number of unbranched alkanes of at least 4 members (excludes halogenated alkanes) is 3. The van der Waals surface area contributed by atoms with Gasteiger partial charge >= 0.3 is 5.97 Å². The molecule has 0 saturated carbocycles. The van der Waals surface area contributed by atoms with Gasteiger partial charge in [0.05, 0.1) is 0 Å². The summed E-state index contributed by atoms with van der Waals surface area (Å²) in [5.41, 5.74) is 2.66. The number of rotatable bonds is 7. The molecule has 0 aliphatic heterocycles. The summed E-state index contributed by atoms with van der Waals surface area (Å²) in [4.78, 5) is 10.4. The molecule has 0 spiro atoms. The fourth-order valence-corrected chi connectivity index (χ4v) is 2.27. The van der Waals surface area contributed by atoms with Crippen LogP contribution in [0, 0.1) is 0 Å². The van der Waals surface area contributed by atoms with Crippen LogP contribution < -0.4 is 0 Å². The molecule has 3 heteroatoms. The molecule has 0 fully saturated rings. The van der Waals surface area contributed by atoms with Crippen LogP contribution in [0.2, 0.25) is 0 Å². The van der Waals surface area contributed by atoms with Crippen LogP contribution in [0.4, 0.5) is 0 Å². The summed E-state index contributed by atoms with van der Waals surface area (Å²) >= 11 is 0. The number of hydrogen-bond donors (Lipinski definition) is 1. The first kappa shape index (κ1) is 12.7. The van der Waals surface area contributed by atoms with Gasteiger partial charge < -0.3 is 9.51 Å². The molecule has 3 nitrogen and oxygen atoms in total. The lowest BCUT2D eigenvalue weighted by Crippen LogP contribution is -1.94. The van der Waals surface area contributed by atoms with Gasteiger partial charge in [-0.15, -0.1) is 0 Å². The van der Waals surface area contributed by atoms with Gasteiger partial charge in [-0.3, -0.25) is 4.79 Å². The summed E-state index contributed by atoms with van der Waals surface area (Å²) in [6, 6.07) is 8.40. The maximum atomic E-state index is 10.4. The normalized spacial score (nSPS) is 10.9. The highest BCUT2D eigenvalue weighted by molar-refractivity contribution is 5.66. The minimum absolute atomic E-state index is 0.301. The number of carboxylic acids is 1. The largest absolute Gasteiger partial charge is 0.481 e. The lowest BCUT2D eigenvalue weighted by Gasteiger charge is -2.01. The monoisotopic (exact) mass is 245 g/mol. The summed E-state index contributed by atoms with van der Waals surface area (Å²) < 4.78 is 2.14. The Kier molecular flexibility index (Phi) is 4.40. The molecular formula is C15H19NO2. The quantitative estimate of drug-likeness (QED) is 0.758. The Balaban J connectivity index is 1.75. The molecule has 18 heavy (non-hydrogen) atoms. The van der Waals surface area contributed by atoms with Crippen molar-refractivity contribution in [3.05, 3.63) is 42.2 Å². The molecule has 0 aromatic carbocycles. The lowest BCUT2D eigenvalue weighted by molar-refractivity contribution is -0.137. The summed E-state index contributed by atoms with van der Waals surface area (Å²) in [5, 5.41) is 8.54. The highest BCUT2D eigenvalue weighted by Gasteiger charge is 2.01. The maximum absolute atomic E-state index is 10.4. The van der Waals surface area contributed by atoms with E-state index < -0.39 is 5.97 Å². The molecule has 0 aliphatic carbocycles. The smallest absolute Gasteiger partial charge is 0.303 e. The minimum Gasteiger partial charge on any atom is -0.481 e. The Morgan fingerprint density at radius 3 is 2.72 bits per heavy atom. The van der Waals surface area contributed by atoms with Gasteiger partial charge in [-0.1, -0.05) is 18.9 Å². The van der Waals surface area contributed by atoms with Gasteiger partial charge in [-0.25, -0.2) is 0 Å². The van der Waals surface area contributed by atoms with Crippen LogP contribution >= 0.6 is 0 Å². The summed E-state index contributed by atoms with van der Waals surface area (Å²) in [7, 11) is 0. The van der Waals surface area contributed by atoms with Gasteiger partial charge in [0.2, 0.25) is 0 Å². The van der Waals surface area contributed by atoms with Crippen molar-refractivity contribution in [2.24, 2.45) is 0 Å². The number of aromatic nitrogens is 1. The first-order valence-corrected chi connectivity index (χ1v) is 6.54. The van der Waals surface area contributed by atoms with E-state index in [-0.39, 0.29) is 0 Å². The molecule has 2 aromatic rings. The van der Waals surface area contributed by atoms with E-state index in [1.165, 1.54) is 11.1 Å². The molecule has 0 saturated heterocycles. The van der Waals surface area contributed by atoms with E-state index in [9.17, 15) is 4.79 Å². The third-order valence-electron chi connectivity index (χ3n) is 3.24. The number of pyridine rings is 1. The van der Waals surface area contributed by atoms with E-state index in [1.807, 2.05) is 6.07 Å². The zero-order valence-corrected chi connectivity index (χ0v) is 10.5. The highest BCUT2D eigenvalue weighted by Crippen LogP contribution is 2.16. The molecular weight excluding hydrogens is 226 g/mol. The number of fused-ring (bicyclic) bond motifs is 1. The average Bonchev–Trinajstić information content (AvgIpc) is 2.77. The zero-order chi connectivity index (χ0) is 12.8. The summed E-state index contributed by atoms with van der Waals surface area (Å²) in [5.74, 6) is -0.687. The van der Waals surface area contributed by atoms with Crippen molar-refractivity contribution < 1.29 is 9.90 Å². The predicted octanol–water partition coefficient (Wildman–Crippen LogP) is 3.52. The summed E-state index contributed by atoms with van der Waals surface area (Å²) in [6.07, 6.45) is 9.58. The van der Waals surface area contributed by atoms with Gasteiger partial charge in [-0.05, 0) is 43.0 Å². The molecule has 0 atom stereocenters. The number of carbonyl (C=O) groups is 1. The van der Waals surface area contributed by atoms with E-state index in [4.69, 9.17) is 5.11 Å². The van der Waals surface area contributed by atoms with Gasteiger partial charge in [0.1, 0.15) is 0 Å². The van der Waals surface area contributed by atoms with Crippen molar-refractivity contribution in [3.8, 4) is 0 Å². The van der Waals surface area contributed by atoms with Gasteiger partial charge in [0.25, 0.3) is 0 Å². The highest BCUT2D eigenvalue weighted by atomic mass is 16.4. The van der Waals surface area contributed by atoms with Crippen molar-refractivity contribution in [2.45, 2.75) is 38.5 Å². The van der Waals surface area contributed by atoms with E-state index in [2.05, 4.69) is 35.0 Å². The molecule has 2 heterocycles. The fourth-order valence-electron chi connectivity index (χ4n) is 2.27. The standard InChI is InChI=1S/C15H19NO2/c17-15(18)9-4-2-1-3-7-13-10-12-16-11-6-5-8-14(13)16/h5-6,8,10-12H,1-4,7,9H2,(H,17,18). The first-order chi connectivity index (χ1) is 8.77. The third kappa shape index (κ3) is 3.36. The van der Waals surface area contributed by atoms with E-state index >= 15 is 0 Å². The van der Waals surface area contributed by atoms with Crippen LogP contribution in [0.5, 0.6) is 0 Å². The van der Waals surface area contributed by atoms with Crippen LogP contribution in [-0.2, 0) is 11.2 Å². The Morgan fingerprint density at radius 1 is 1.06 bits per heavy atom. The van der Waals surface area contributed by atoms with Gasteiger partial charge in [0.15, 0.2) is 0 Å². The predicted molar refractivity (Wildman–Crippen MR) is 71.8 cm³/mol. The number of nitrogens with zero attached hydrogens (tertiary/aromatic N) is 1. The Morgan fingerprint density at radius 2 is 1.89 bits per heavy atom. The second-order valence-corrected chi connectivity index (χ2v) is 4.64. The topological polar surface area (TPSA) is 41.7 Å². The van der Waals surface area contributed by atoms with Crippen LogP contribution in [-0.4, -0.2) is 15.5 Å².